The average molecular weight is 354 g/mol. The van der Waals surface area contributed by atoms with Crippen molar-refractivity contribution < 1.29 is 4.79 Å². The number of aryl methyl sites for hydroxylation is 2. The molecule has 5 nitrogen and oxygen atoms in total. The highest BCUT2D eigenvalue weighted by atomic mass is 32.1. The van der Waals surface area contributed by atoms with Gasteiger partial charge >= 0.3 is 0 Å². The molecule has 1 aromatic carbocycles. The van der Waals surface area contributed by atoms with Crippen LogP contribution in [0.15, 0.2) is 41.8 Å². The van der Waals surface area contributed by atoms with Crippen molar-refractivity contribution in [1.29, 1.82) is 0 Å². The van der Waals surface area contributed by atoms with Gasteiger partial charge in [0.2, 0.25) is 5.91 Å². The molecule has 0 unspecified atom stereocenters. The van der Waals surface area contributed by atoms with E-state index < -0.39 is 0 Å². The number of hydrogen-bond acceptors (Lipinski definition) is 4. The number of rotatable bonds is 6. The molecule has 2 aromatic heterocycles. The molecule has 3 aromatic rings. The summed E-state index contributed by atoms with van der Waals surface area (Å²) in [4.78, 5) is 16.8. The van der Waals surface area contributed by atoms with Crippen molar-refractivity contribution in [3.8, 4) is 10.6 Å². The lowest BCUT2D eigenvalue weighted by molar-refractivity contribution is -0.120. The lowest BCUT2D eigenvalue weighted by atomic mass is 10.2. The Balaban J connectivity index is 1.55. The third-order valence-electron chi connectivity index (χ3n) is 3.97. The molecule has 0 spiro atoms. The maximum absolute atomic E-state index is 12.2. The molecule has 0 bridgehead atoms. The van der Waals surface area contributed by atoms with Crippen molar-refractivity contribution in [2.24, 2.45) is 0 Å². The highest BCUT2D eigenvalue weighted by molar-refractivity contribution is 7.13. The monoisotopic (exact) mass is 354 g/mol. The zero-order chi connectivity index (χ0) is 17.8. The Morgan fingerprint density at radius 1 is 1.28 bits per heavy atom. The Kier molecular flexibility index (Phi) is 5.28. The van der Waals surface area contributed by atoms with Crippen LogP contribution in [0.5, 0.6) is 0 Å². The zero-order valence-corrected chi connectivity index (χ0v) is 15.5. The van der Waals surface area contributed by atoms with Crippen molar-refractivity contribution in [3.63, 3.8) is 0 Å². The first kappa shape index (κ1) is 17.4. The van der Waals surface area contributed by atoms with Crippen LogP contribution in [-0.2, 0) is 11.2 Å². The smallest absolute Gasteiger partial charge is 0.226 e. The normalized spacial score (nSPS) is 12.1. The van der Waals surface area contributed by atoms with Crippen LogP contribution in [0.25, 0.3) is 10.6 Å². The Hall–Kier alpha value is -2.47. The van der Waals surface area contributed by atoms with Gasteiger partial charge in [0.25, 0.3) is 0 Å². The molecular weight excluding hydrogens is 332 g/mol. The number of aromatic nitrogens is 3. The fourth-order valence-corrected chi connectivity index (χ4v) is 3.59. The molecule has 1 N–H and O–H groups in total. The summed E-state index contributed by atoms with van der Waals surface area (Å²) in [7, 11) is 0. The number of amides is 1. The minimum absolute atomic E-state index is 0.0155. The molecule has 2 heterocycles. The summed E-state index contributed by atoms with van der Waals surface area (Å²) < 4.78 is 1.95. The summed E-state index contributed by atoms with van der Waals surface area (Å²) in [5.41, 5.74) is 3.98. The van der Waals surface area contributed by atoms with Crippen molar-refractivity contribution >= 4 is 17.2 Å². The van der Waals surface area contributed by atoms with Gasteiger partial charge in [-0.15, -0.1) is 11.3 Å². The van der Waals surface area contributed by atoms with Crippen LogP contribution in [0.3, 0.4) is 0 Å². The average Bonchev–Trinajstić information content (AvgIpc) is 3.19. The first-order chi connectivity index (χ1) is 12.0. The first-order valence-electron chi connectivity index (χ1n) is 8.32. The van der Waals surface area contributed by atoms with E-state index in [1.807, 2.05) is 60.3 Å². The van der Waals surface area contributed by atoms with Gasteiger partial charge in [-0.05, 0) is 26.8 Å². The molecule has 0 aliphatic rings. The SMILES string of the molecule is Cc1cc(C)n([C@@H](C)CNC(=O)Cc2csc(-c3ccccc3)n2)n1. The van der Waals surface area contributed by atoms with E-state index in [2.05, 4.69) is 22.3 Å². The largest absolute Gasteiger partial charge is 0.354 e. The number of nitrogens with one attached hydrogen (secondary N) is 1. The second kappa shape index (κ2) is 7.61. The summed E-state index contributed by atoms with van der Waals surface area (Å²) >= 11 is 1.57. The van der Waals surface area contributed by atoms with Gasteiger partial charge in [0.05, 0.1) is 23.9 Å². The van der Waals surface area contributed by atoms with Gasteiger partial charge in [0.15, 0.2) is 0 Å². The van der Waals surface area contributed by atoms with E-state index in [0.717, 1.165) is 27.7 Å². The summed E-state index contributed by atoms with van der Waals surface area (Å²) in [6.45, 7) is 6.60. The van der Waals surface area contributed by atoms with E-state index in [9.17, 15) is 4.79 Å². The zero-order valence-electron chi connectivity index (χ0n) is 14.7. The van der Waals surface area contributed by atoms with Crippen LogP contribution >= 0.6 is 11.3 Å². The van der Waals surface area contributed by atoms with E-state index in [0.29, 0.717) is 13.0 Å². The van der Waals surface area contributed by atoms with Gasteiger partial charge in [-0.1, -0.05) is 30.3 Å². The second-order valence-electron chi connectivity index (χ2n) is 6.21. The van der Waals surface area contributed by atoms with E-state index in [-0.39, 0.29) is 11.9 Å². The molecule has 130 valence electrons. The summed E-state index contributed by atoms with van der Waals surface area (Å²) in [6, 6.07) is 12.2. The molecule has 0 radical (unpaired) electrons. The molecular formula is C19H22N4OS. The molecule has 0 saturated carbocycles. The predicted molar refractivity (Wildman–Crippen MR) is 101 cm³/mol. The Bertz CT molecular complexity index is 853. The standard InChI is InChI=1S/C19H22N4OS/c1-13-9-14(2)23(22-13)15(3)11-20-18(24)10-17-12-25-19(21-17)16-7-5-4-6-8-16/h4-9,12,15H,10-11H2,1-3H3,(H,20,24)/t15-/m0/s1. The van der Waals surface area contributed by atoms with Gasteiger partial charge in [-0.3, -0.25) is 9.48 Å². The predicted octanol–water partition coefficient (Wildman–Crippen LogP) is 3.54. The van der Waals surface area contributed by atoms with E-state index in [1.165, 1.54) is 0 Å². The fraction of sp³-hybridized carbons (Fsp3) is 0.316. The number of hydrogen-bond donors (Lipinski definition) is 1. The van der Waals surface area contributed by atoms with Crippen molar-refractivity contribution in [2.75, 3.05) is 6.54 Å². The summed E-state index contributed by atoms with van der Waals surface area (Å²) in [5.74, 6) is -0.0155. The summed E-state index contributed by atoms with van der Waals surface area (Å²) in [6.07, 6.45) is 0.299. The Morgan fingerprint density at radius 3 is 2.72 bits per heavy atom. The molecule has 0 aliphatic carbocycles. The highest BCUT2D eigenvalue weighted by Crippen LogP contribution is 2.23. The number of benzene rings is 1. The van der Waals surface area contributed by atoms with E-state index in [1.54, 1.807) is 11.3 Å². The molecule has 0 fully saturated rings. The van der Waals surface area contributed by atoms with Gasteiger partial charge in [-0.25, -0.2) is 4.98 Å². The van der Waals surface area contributed by atoms with Crippen LogP contribution in [0, 0.1) is 13.8 Å². The number of carbonyl (C=O) groups excluding carboxylic acids is 1. The number of carbonyl (C=O) groups is 1. The minimum Gasteiger partial charge on any atom is -0.354 e. The van der Waals surface area contributed by atoms with Gasteiger partial charge in [-0.2, -0.15) is 5.10 Å². The van der Waals surface area contributed by atoms with E-state index >= 15 is 0 Å². The quantitative estimate of drug-likeness (QED) is 0.736. The molecule has 25 heavy (non-hydrogen) atoms. The van der Waals surface area contributed by atoms with Crippen LogP contribution in [0.4, 0.5) is 0 Å². The topological polar surface area (TPSA) is 59.8 Å². The fourth-order valence-electron chi connectivity index (χ4n) is 2.77. The maximum atomic E-state index is 12.2. The van der Waals surface area contributed by atoms with Crippen molar-refractivity contribution in [2.45, 2.75) is 33.2 Å². The Morgan fingerprint density at radius 2 is 2.04 bits per heavy atom. The minimum atomic E-state index is -0.0155. The third-order valence-corrected chi connectivity index (χ3v) is 4.91. The first-order valence-corrected chi connectivity index (χ1v) is 9.20. The summed E-state index contributed by atoms with van der Waals surface area (Å²) in [5, 5.41) is 10.3. The van der Waals surface area contributed by atoms with Crippen molar-refractivity contribution in [3.05, 3.63) is 58.9 Å². The molecule has 3 rings (SSSR count). The van der Waals surface area contributed by atoms with E-state index in [4.69, 9.17) is 0 Å². The highest BCUT2D eigenvalue weighted by Gasteiger charge is 2.13. The van der Waals surface area contributed by atoms with Gasteiger partial charge in [0, 0.05) is 23.2 Å². The van der Waals surface area contributed by atoms with Gasteiger partial charge < -0.3 is 5.32 Å². The number of thiazole rings is 1. The molecule has 0 saturated heterocycles. The third kappa shape index (κ3) is 4.33. The molecule has 6 heteroatoms. The second-order valence-corrected chi connectivity index (χ2v) is 7.07. The molecule has 1 atom stereocenters. The lowest BCUT2D eigenvalue weighted by Crippen LogP contribution is -2.31. The number of nitrogens with zero attached hydrogens (tertiary/aromatic N) is 3. The molecule has 1 amide bonds. The Labute approximate surface area is 151 Å². The van der Waals surface area contributed by atoms with Crippen LogP contribution in [0.1, 0.15) is 30.0 Å². The molecule has 0 aliphatic heterocycles. The maximum Gasteiger partial charge on any atom is 0.226 e. The van der Waals surface area contributed by atoms with Crippen LogP contribution in [0.2, 0.25) is 0 Å². The van der Waals surface area contributed by atoms with Crippen LogP contribution in [-0.4, -0.2) is 27.2 Å². The van der Waals surface area contributed by atoms with Gasteiger partial charge in [0.1, 0.15) is 5.01 Å². The lowest BCUT2D eigenvalue weighted by Gasteiger charge is -2.15. The van der Waals surface area contributed by atoms with Crippen molar-refractivity contribution in [1.82, 2.24) is 20.1 Å². The van der Waals surface area contributed by atoms with Crippen LogP contribution < -0.4 is 5.32 Å².